The molecule has 5 nitrogen and oxygen atoms in total. The van der Waals surface area contributed by atoms with Crippen LogP contribution < -0.4 is 5.32 Å². The molecule has 3 rings (SSSR count). The molecule has 0 bridgehead atoms. The van der Waals surface area contributed by atoms with E-state index in [0.29, 0.717) is 29.5 Å². The Hall–Kier alpha value is -2.05. The molecule has 1 atom stereocenters. The Morgan fingerprint density at radius 3 is 2.95 bits per heavy atom. The Morgan fingerprint density at radius 1 is 1.45 bits per heavy atom. The van der Waals surface area contributed by atoms with Gasteiger partial charge in [-0.1, -0.05) is 5.16 Å². The number of nitrogens with zero attached hydrogens (tertiary/aromatic N) is 3. The van der Waals surface area contributed by atoms with Crippen LogP contribution in [0.1, 0.15) is 25.1 Å². The Kier molecular flexibility index (Phi) is 3.11. The Morgan fingerprint density at radius 2 is 2.30 bits per heavy atom. The molecule has 1 N–H and O–H groups in total. The van der Waals surface area contributed by atoms with E-state index in [-0.39, 0.29) is 18.9 Å². The zero-order valence-electron chi connectivity index (χ0n) is 10.9. The fourth-order valence-electron chi connectivity index (χ4n) is 2.37. The van der Waals surface area contributed by atoms with Gasteiger partial charge in [-0.2, -0.15) is 4.98 Å². The first-order valence-corrected chi connectivity index (χ1v) is 6.43. The molecule has 0 aromatic carbocycles. The van der Waals surface area contributed by atoms with Crippen LogP contribution in [0.15, 0.2) is 22.9 Å². The number of pyridine rings is 1. The van der Waals surface area contributed by atoms with Crippen molar-refractivity contribution in [3.63, 3.8) is 0 Å². The number of halogens is 2. The smallest absolute Gasteiger partial charge is 0.261 e. The number of aromatic nitrogens is 3. The van der Waals surface area contributed by atoms with Gasteiger partial charge in [0.05, 0.1) is 5.56 Å². The van der Waals surface area contributed by atoms with Crippen molar-refractivity contribution in [3.8, 4) is 11.5 Å². The zero-order valence-corrected chi connectivity index (χ0v) is 10.9. The molecule has 0 spiro atoms. The number of rotatable bonds is 3. The van der Waals surface area contributed by atoms with Gasteiger partial charge in [0, 0.05) is 25.1 Å². The van der Waals surface area contributed by atoms with Crippen LogP contribution in [0.5, 0.6) is 0 Å². The lowest BCUT2D eigenvalue weighted by Crippen LogP contribution is -2.20. The van der Waals surface area contributed by atoms with E-state index in [1.807, 2.05) is 0 Å². The monoisotopic (exact) mass is 280 g/mol. The van der Waals surface area contributed by atoms with Gasteiger partial charge in [0.25, 0.3) is 5.89 Å². The first kappa shape index (κ1) is 13.0. The fourth-order valence-corrected chi connectivity index (χ4v) is 2.37. The van der Waals surface area contributed by atoms with Crippen molar-refractivity contribution in [1.82, 2.24) is 15.1 Å². The molecule has 1 aliphatic rings. The van der Waals surface area contributed by atoms with Gasteiger partial charge in [0.2, 0.25) is 5.92 Å². The highest BCUT2D eigenvalue weighted by molar-refractivity contribution is 5.68. The molecule has 20 heavy (non-hydrogen) atoms. The summed E-state index contributed by atoms with van der Waals surface area (Å²) in [6.07, 6.45) is 1.76. The summed E-state index contributed by atoms with van der Waals surface area (Å²) in [4.78, 5) is 8.33. The molecule has 0 saturated heterocycles. The molecule has 7 heteroatoms. The average Bonchev–Trinajstić information content (AvgIpc) is 2.96. The number of hydrogen-bond donors (Lipinski definition) is 1. The quantitative estimate of drug-likeness (QED) is 0.936. The maximum atomic E-state index is 13.2. The minimum atomic E-state index is -2.59. The molecule has 106 valence electrons. The van der Waals surface area contributed by atoms with Gasteiger partial charge in [-0.25, -0.2) is 13.8 Å². The van der Waals surface area contributed by atoms with Crippen LogP contribution in [-0.2, 0) is 0 Å². The Bertz CT molecular complexity index is 614. The lowest BCUT2D eigenvalue weighted by Gasteiger charge is -2.15. The van der Waals surface area contributed by atoms with Crippen molar-refractivity contribution >= 4 is 5.82 Å². The number of hydrogen-bond acceptors (Lipinski definition) is 5. The highest BCUT2D eigenvalue weighted by Gasteiger charge is 2.39. The topological polar surface area (TPSA) is 63.8 Å². The normalized spacial score (nSPS) is 21.1. The number of nitrogens with one attached hydrogen (secondary N) is 1. The van der Waals surface area contributed by atoms with Gasteiger partial charge in [-0.15, -0.1) is 0 Å². The van der Waals surface area contributed by atoms with Gasteiger partial charge < -0.3 is 9.84 Å². The van der Waals surface area contributed by atoms with Crippen LogP contribution in [-0.4, -0.2) is 27.1 Å². The van der Waals surface area contributed by atoms with Crippen molar-refractivity contribution in [3.05, 3.63) is 24.2 Å². The molecule has 1 unspecified atom stereocenters. The van der Waals surface area contributed by atoms with Gasteiger partial charge in [-0.3, -0.25) is 0 Å². The summed E-state index contributed by atoms with van der Waals surface area (Å²) < 4.78 is 31.6. The third-order valence-corrected chi connectivity index (χ3v) is 3.31. The third kappa shape index (κ3) is 2.61. The highest BCUT2D eigenvalue weighted by atomic mass is 19.3. The summed E-state index contributed by atoms with van der Waals surface area (Å²) in [5, 5.41) is 6.78. The summed E-state index contributed by atoms with van der Waals surface area (Å²) in [6.45, 7) is 1.72. The number of alkyl halides is 2. The third-order valence-electron chi connectivity index (χ3n) is 3.31. The second-order valence-corrected chi connectivity index (χ2v) is 4.99. The molecule has 1 aliphatic carbocycles. The Labute approximate surface area is 114 Å². The summed E-state index contributed by atoms with van der Waals surface area (Å²) in [5.74, 6) is -1.24. The van der Waals surface area contributed by atoms with Gasteiger partial charge in [-0.05, 0) is 25.5 Å². The molecule has 0 amide bonds. The predicted octanol–water partition coefficient (Wildman–Crippen LogP) is 3.04. The van der Waals surface area contributed by atoms with E-state index in [9.17, 15) is 8.78 Å². The van der Waals surface area contributed by atoms with Crippen LogP contribution in [0.2, 0.25) is 0 Å². The molecule has 1 fully saturated rings. The molecule has 0 aliphatic heterocycles. The van der Waals surface area contributed by atoms with E-state index in [1.165, 1.54) is 0 Å². The van der Waals surface area contributed by atoms with Crippen molar-refractivity contribution in [1.29, 1.82) is 0 Å². The molecule has 2 heterocycles. The second-order valence-electron chi connectivity index (χ2n) is 4.99. The SMILES string of the molecule is Cc1noc(-c2cccnc2NC2CCC(F)(F)C2)n1. The number of anilines is 1. The van der Waals surface area contributed by atoms with Crippen LogP contribution >= 0.6 is 0 Å². The van der Waals surface area contributed by atoms with Crippen LogP contribution in [0.3, 0.4) is 0 Å². The summed E-state index contributed by atoms with van der Waals surface area (Å²) in [6, 6.07) is 3.22. The summed E-state index contributed by atoms with van der Waals surface area (Å²) >= 11 is 0. The summed E-state index contributed by atoms with van der Waals surface area (Å²) in [5.41, 5.74) is 0.628. The van der Waals surface area contributed by atoms with Crippen LogP contribution in [0.4, 0.5) is 14.6 Å². The first-order valence-electron chi connectivity index (χ1n) is 6.43. The molecule has 2 aromatic heterocycles. The maximum absolute atomic E-state index is 13.2. The van der Waals surface area contributed by atoms with E-state index >= 15 is 0 Å². The lowest BCUT2D eigenvalue weighted by atomic mass is 10.2. The average molecular weight is 280 g/mol. The standard InChI is InChI=1S/C13H14F2N4O/c1-8-17-12(20-19-8)10-3-2-6-16-11(10)18-9-4-5-13(14,15)7-9/h2-3,6,9H,4-5,7H2,1H3,(H,16,18). The summed E-state index contributed by atoms with van der Waals surface area (Å²) in [7, 11) is 0. The molecule has 2 aromatic rings. The van der Waals surface area contributed by atoms with E-state index in [0.717, 1.165) is 0 Å². The molecular formula is C13H14F2N4O. The Balaban J connectivity index is 1.84. The van der Waals surface area contributed by atoms with Gasteiger partial charge in [0.1, 0.15) is 5.82 Å². The lowest BCUT2D eigenvalue weighted by molar-refractivity contribution is 0.00852. The van der Waals surface area contributed by atoms with E-state index in [1.54, 1.807) is 25.3 Å². The van der Waals surface area contributed by atoms with Crippen LogP contribution in [0, 0.1) is 6.92 Å². The van der Waals surface area contributed by atoms with Crippen molar-refractivity contribution in [2.24, 2.45) is 0 Å². The largest absolute Gasteiger partial charge is 0.366 e. The molecule has 1 saturated carbocycles. The fraction of sp³-hybridized carbons (Fsp3) is 0.462. The van der Waals surface area contributed by atoms with Crippen molar-refractivity contribution < 1.29 is 13.3 Å². The number of aryl methyl sites for hydroxylation is 1. The van der Waals surface area contributed by atoms with Crippen LogP contribution in [0.25, 0.3) is 11.5 Å². The maximum Gasteiger partial charge on any atom is 0.261 e. The minimum Gasteiger partial charge on any atom is -0.366 e. The highest BCUT2D eigenvalue weighted by Crippen LogP contribution is 2.37. The minimum absolute atomic E-state index is 0.0908. The predicted molar refractivity (Wildman–Crippen MR) is 68.5 cm³/mol. The second kappa shape index (κ2) is 4.81. The van der Waals surface area contributed by atoms with Gasteiger partial charge >= 0.3 is 0 Å². The molecule has 0 radical (unpaired) electrons. The molecular weight excluding hydrogens is 266 g/mol. The van der Waals surface area contributed by atoms with E-state index in [2.05, 4.69) is 20.4 Å². The van der Waals surface area contributed by atoms with E-state index < -0.39 is 5.92 Å². The van der Waals surface area contributed by atoms with Crippen molar-refractivity contribution in [2.75, 3.05) is 5.32 Å². The zero-order chi connectivity index (χ0) is 14.2. The van der Waals surface area contributed by atoms with Crippen molar-refractivity contribution in [2.45, 2.75) is 38.2 Å². The van der Waals surface area contributed by atoms with Gasteiger partial charge in [0.15, 0.2) is 5.82 Å². The van der Waals surface area contributed by atoms with E-state index in [4.69, 9.17) is 4.52 Å². The first-order chi connectivity index (χ1) is 9.53.